The third-order valence-electron chi connectivity index (χ3n) is 2.09. The second-order valence-electron chi connectivity index (χ2n) is 3.35. The van der Waals surface area contributed by atoms with Crippen LogP contribution in [0, 0.1) is 11.3 Å². The molecule has 1 aromatic carbocycles. The van der Waals surface area contributed by atoms with E-state index >= 15 is 0 Å². The van der Waals surface area contributed by atoms with E-state index in [0.717, 1.165) is 5.69 Å². The van der Waals surface area contributed by atoms with Gasteiger partial charge in [0.15, 0.2) is 0 Å². The Labute approximate surface area is 108 Å². The highest BCUT2D eigenvalue weighted by molar-refractivity contribution is 6.30. The van der Waals surface area contributed by atoms with Crippen molar-refractivity contribution in [1.82, 2.24) is 9.97 Å². The molecule has 18 heavy (non-hydrogen) atoms. The van der Waals surface area contributed by atoms with Crippen molar-refractivity contribution in [1.29, 1.82) is 5.26 Å². The molecule has 0 saturated carbocycles. The summed E-state index contributed by atoms with van der Waals surface area (Å²) in [5, 5.41) is 12.5. The van der Waals surface area contributed by atoms with E-state index in [1.54, 1.807) is 24.3 Å². The van der Waals surface area contributed by atoms with Crippen LogP contribution in [0.1, 0.15) is 5.69 Å². The van der Waals surface area contributed by atoms with Crippen molar-refractivity contribution in [2.24, 2.45) is 5.84 Å². The Morgan fingerprint density at radius 3 is 2.56 bits per heavy atom. The molecule has 0 unspecified atom stereocenters. The SMILES string of the molecule is N#Cc1cc(Nc2ccc(Cl)cc2)nc(NN)n1. The third-order valence-corrected chi connectivity index (χ3v) is 2.34. The summed E-state index contributed by atoms with van der Waals surface area (Å²) in [4.78, 5) is 7.93. The lowest BCUT2D eigenvalue weighted by atomic mass is 10.3. The van der Waals surface area contributed by atoms with Crippen LogP contribution in [0.3, 0.4) is 0 Å². The number of nitrogens with one attached hydrogen (secondary N) is 2. The second kappa shape index (κ2) is 5.31. The van der Waals surface area contributed by atoms with Gasteiger partial charge in [0.05, 0.1) is 0 Å². The van der Waals surface area contributed by atoms with Gasteiger partial charge < -0.3 is 5.32 Å². The van der Waals surface area contributed by atoms with E-state index in [2.05, 4.69) is 20.7 Å². The molecule has 2 aromatic rings. The minimum Gasteiger partial charge on any atom is -0.340 e. The molecule has 0 fully saturated rings. The van der Waals surface area contributed by atoms with Crippen LogP contribution in [0.15, 0.2) is 30.3 Å². The van der Waals surface area contributed by atoms with E-state index in [4.69, 9.17) is 22.7 Å². The number of nitrogens with zero attached hydrogens (tertiary/aromatic N) is 3. The van der Waals surface area contributed by atoms with Crippen molar-refractivity contribution < 1.29 is 0 Å². The quantitative estimate of drug-likeness (QED) is 0.577. The monoisotopic (exact) mass is 260 g/mol. The zero-order valence-corrected chi connectivity index (χ0v) is 9.94. The normalized spacial score (nSPS) is 9.61. The average molecular weight is 261 g/mol. The first-order chi connectivity index (χ1) is 8.71. The fraction of sp³-hybridized carbons (Fsp3) is 0. The molecule has 0 atom stereocenters. The zero-order chi connectivity index (χ0) is 13.0. The Bertz CT molecular complexity index is 589. The van der Waals surface area contributed by atoms with E-state index in [1.807, 2.05) is 6.07 Å². The van der Waals surface area contributed by atoms with Crippen LogP contribution in [0.5, 0.6) is 0 Å². The fourth-order valence-corrected chi connectivity index (χ4v) is 1.44. The number of benzene rings is 1. The molecule has 90 valence electrons. The number of anilines is 3. The lowest BCUT2D eigenvalue weighted by molar-refractivity contribution is 1.10. The lowest BCUT2D eigenvalue weighted by Crippen LogP contribution is -2.12. The van der Waals surface area contributed by atoms with Crippen LogP contribution in [-0.4, -0.2) is 9.97 Å². The summed E-state index contributed by atoms with van der Waals surface area (Å²) in [5.41, 5.74) is 3.32. The minimum absolute atomic E-state index is 0.172. The molecule has 0 saturated heterocycles. The number of nitriles is 1. The fourth-order valence-electron chi connectivity index (χ4n) is 1.31. The van der Waals surface area contributed by atoms with Gasteiger partial charge in [-0.1, -0.05) is 11.6 Å². The van der Waals surface area contributed by atoms with E-state index < -0.39 is 0 Å². The van der Waals surface area contributed by atoms with Gasteiger partial charge in [-0.3, -0.25) is 5.43 Å². The number of nitrogen functional groups attached to an aromatic ring is 1. The number of nitrogens with two attached hydrogens (primary N) is 1. The molecule has 0 spiro atoms. The van der Waals surface area contributed by atoms with Crippen LogP contribution >= 0.6 is 11.6 Å². The highest BCUT2D eigenvalue weighted by Gasteiger charge is 2.03. The summed E-state index contributed by atoms with van der Waals surface area (Å²) in [6.07, 6.45) is 0. The summed E-state index contributed by atoms with van der Waals surface area (Å²) >= 11 is 5.79. The van der Waals surface area contributed by atoms with Gasteiger partial charge >= 0.3 is 0 Å². The third kappa shape index (κ3) is 2.85. The summed E-state index contributed by atoms with van der Waals surface area (Å²) < 4.78 is 0. The summed E-state index contributed by atoms with van der Waals surface area (Å²) in [6.45, 7) is 0. The topological polar surface area (TPSA) is 99.7 Å². The maximum absolute atomic E-state index is 8.83. The highest BCUT2D eigenvalue weighted by atomic mass is 35.5. The number of hydrogen-bond acceptors (Lipinski definition) is 6. The lowest BCUT2D eigenvalue weighted by Gasteiger charge is -2.07. The molecule has 6 nitrogen and oxygen atoms in total. The molecular formula is C11H9ClN6. The van der Waals surface area contributed by atoms with E-state index in [1.165, 1.54) is 6.07 Å². The molecule has 1 aromatic heterocycles. The van der Waals surface area contributed by atoms with Crippen LogP contribution in [0.25, 0.3) is 0 Å². The Morgan fingerprint density at radius 1 is 1.22 bits per heavy atom. The standard InChI is InChI=1S/C11H9ClN6/c12-7-1-3-8(4-2-7)15-10-5-9(6-13)16-11(17-10)18-14/h1-5H,14H2,(H2,15,16,17,18). The first kappa shape index (κ1) is 12.1. The van der Waals surface area contributed by atoms with Gasteiger partial charge in [-0.15, -0.1) is 0 Å². The molecule has 0 aliphatic carbocycles. The van der Waals surface area contributed by atoms with E-state index in [0.29, 0.717) is 10.8 Å². The predicted octanol–water partition coefficient (Wildman–Crippen LogP) is 2.03. The number of aromatic nitrogens is 2. The van der Waals surface area contributed by atoms with Crippen molar-refractivity contribution in [3.8, 4) is 6.07 Å². The van der Waals surface area contributed by atoms with Crippen molar-refractivity contribution in [2.45, 2.75) is 0 Å². The van der Waals surface area contributed by atoms with Gasteiger partial charge in [0.1, 0.15) is 17.6 Å². The maximum atomic E-state index is 8.83. The molecule has 2 rings (SSSR count). The smallest absolute Gasteiger partial charge is 0.240 e. The van der Waals surface area contributed by atoms with Crippen molar-refractivity contribution >= 4 is 29.1 Å². The molecule has 0 bridgehead atoms. The first-order valence-electron chi connectivity index (χ1n) is 4.99. The molecule has 0 aliphatic rings. The molecular weight excluding hydrogens is 252 g/mol. The van der Waals surface area contributed by atoms with Gasteiger partial charge in [0, 0.05) is 16.8 Å². The second-order valence-corrected chi connectivity index (χ2v) is 3.79. The first-order valence-corrected chi connectivity index (χ1v) is 5.37. The van der Waals surface area contributed by atoms with Gasteiger partial charge in [0.2, 0.25) is 5.95 Å². The maximum Gasteiger partial charge on any atom is 0.240 e. The molecule has 1 heterocycles. The molecule has 0 radical (unpaired) electrons. The van der Waals surface area contributed by atoms with E-state index in [-0.39, 0.29) is 11.6 Å². The Kier molecular flexibility index (Phi) is 3.57. The highest BCUT2D eigenvalue weighted by Crippen LogP contribution is 2.18. The summed E-state index contributed by atoms with van der Waals surface area (Å²) in [6, 6.07) is 10.5. The number of hydrazine groups is 1. The molecule has 4 N–H and O–H groups in total. The van der Waals surface area contributed by atoms with Crippen LogP contribution in [0.2, 0.25) is 5.02 Å². The Morgan fingerprint density at radius 2 is 1.94 bits per heavy atom. The van der Waals surface area contributed by atoms with Crippen LogP contribution < -0.4 is 16.6 Å². The van der Waals surface area contributed by atoms with Crippen LogP contribution in [-0.2, 0) is 0 Å². The number of halogens is 1. The molecule has 7 heteroatoms. The predicted molar refractivity (Wildman–Crippen MR) is 69.3 cm³/mol. The Balaban J connectivity index is 2.28. The van der Waals surface area contributed by atoms with Crippen molar-refractivity contribution in [2.75, 3.05) is 10.7 Å². The van der Waals surface area contributed by atoms with Crippen molar-refractivity contribution in [3.63, 3.8) is 0 Å². The molecule has 0 amide bonds. The van der Waals surface area contributed by atoms with Crippen molar-refractivity contribution in [3.05, 3.63) is 41.0 Å². The van der Waals surface area contributed by atoms with E-state index in [9.17, 15) is 0 Å². The van der Waals surface area contributed by atoms with Gasteiger partial charge in [-0.25, -0.2) is 10.8 Å². The summed E-state index contributed by atoms with van der Waals surface area (Å²) in [7, 11) is 0. The van der Waals surface area contributed by atoms with Gasteiger partial charge in [-0.05, 0) is 24.3 Å². The number of rotatable bonds is 3. The minimum atomic E-state index is 0.172. The van der Waals surface area contributed by atoms with Gasteiger partial charge in [-0.2, -0.15) is 10.2 Å². The summed E-state index contributed by atoms with van der Waals surface area (Å²) in [5.74, 6) is 5.87. The number of hydrogen-bond donors (Lipinski definition) is 3. The van der Waals surface area contributed by atoms with Crippen LogP contribution in [0.4, 0.5) is 17.5 Å². The van der Waals surface area contributed by atoms with Gasteiger partial charge in [0.25, 0.3) is 0 Å². The zero-order valence-electron chi connectivity index (χ0n) is 9.18. The average Bonchev–Trinajstić information content (AvgIpc) is 2.41. The largest absolute Gasteiger partial charge is 0.340 e. The Hall–Kier alpha value is -2.36. The molecule has 0 aliphatic heterocycles.